The molecule has 1 aliphatic heterocycles. The van der Waals surface area contributed by atoms with Crippen LogP contribution in [-0.4, -0.2) is 40.9 Å². The highest BCUT2D eigenvalue weighted by molar-refractivity contribution is 5.99. The summed E-state index contributed by atoms with van der Waals surface area (Å²) in [6.45, 7) is 1.73. The molecule has 1 aliphatic rings. The number of hydrogen-bond acceptors (Lipinski definition) is 3. The van der Waals surface area contributed by atoms with E-state index in [0.717, 1.165) is 4.90 Å². The van der Waals surface area contributed by atoms with Crippen LogP contribution < -0.4 is 5.32 Å². The number of rotatable bonds is 1. The Bertz CT molecular complexity index is 221. The Hall–Kier alpha value is -1.17. The van der Waals surface area contributed by atoms with Crippen LogP contribution in [0, 0.1) is 0 Å². The molecular weight excluding hydrogens is 167 g/mol. The molecule has 0 aromatic rings. The topological polar surface area (TPSA) is 69.6 Å². The van der Waals surface area contributed by atoms with Crippen molar-refractivity contribution in [3.05, 3.63) is 0 Å². The quantitative estimate of drug-likeness (QED) is 0.550. The Morgan fingerprint density at radius 1 is 1.67 bits per heavy atom. The van der Waals surface area contributed by atoms with Crippen LogP contribution in [0.1, 0.15) is 6.92 Å². The number of urea groups is 1. The van der Waals surface area contributed by atoms with Gasteiger partial charge in [-0.1, -0.05) is 0 Å². The molecule has 1 rings (SSSR count). The van der Waals surface area contributed by atoms with Crippen molar-refractivity contribution in [3.63, 3.8) is 0 Å². The van der Waals surface area contributed by atoms with E-state index in [1.807, 2.05) is 0 Å². The lowest BCUT2D eigenvalue weighted by Gasteiger charge is -2.32. The van der Waals surface area contributed by atoms with E-state index in [0.29, 0.717) is 0 Å². The molecular formula is C6H9FN2O3. The first-order valence-electron chi connectivity index (χ1n) is 3.51. The SMILES string of the molecule is CCN1C(=O)NC(=O)C(F)C1O. The van der Waals surface area contributed by atoms with Crippen molar-refractivity contribution < 1.29 is 19.1 Å². The molecule has 1 heterocycles. The lowest BCUT2D eigenvalue weighted by molar-refractivity contribution is -0.138. The predicted octanol–water partition coefficient (Wildman–Crippen LogP) is -0.785. The van der Waals surface area contributed by atoms with Gasteiger partial charge >= 0.3 is 6.03 Å². The van der Waals surface area contributed by atoms with Crippen molar-refractivity contribution in [1.29, 1.82) is 0 Å². The lowest BCUT2D eigenvalue weighted by atomic mass is 10.2. The molecule has 2 atom stereocenters. The number of nitrogens with zero attached hydrogens (tertiary/aromatic N) is 1. The number of carbonyl (C=O) groups is 2. The van der Waals surface area contributed by atoms with E-state index >= 15 is 0 Å². The van der Waals surface area contributed by atoms with E-state index in [4.69, 9.17) is 5.11 Å². The van der Waals surface area contributed by atoms with E-state index < -0.39 is 24.3 Å². The number of imide groups is 1. The summed E-state index contributed by atoms with van der Waals surface area (Å²) in [4.78, 5) is 22.3. The molecule has 0 aromatic carbocycles. The minimum absolute atomic E-state index is 0.153. The number of aliphatic hydroxyl groups excluding tert-OH is 1. The Morgan fingerprint density at radius 3 is 2.75 bits per heavy atom. The van der Waals surface area contributed by atoms with E-state index in [1.165, 1.54) is 0 Å². The number of nitrogens with one attached hydrogen (secondary N) is 1. The molecule has 0 spiro atoms. The minimum Gasteiger partial charge on any atom is -0.370 e. The summed E-state index contributed by atoms with van der Waals surface area (Å²) in [5, 5.41) is 10.8. The molecule has 68 valence electrons. The summed E-state index contributed by atoms with van der Waals surface area (Å²) >= 11 is 0. The zero-order chi connectivity index (χ0) is 9.30. The fourth-order valence-electron chi connectivity index (χ4n) is 0.990. The summed E-state index contributed by atoms with van der Waals surface area (Å²) in [6, 6.07) is -0.760. The van der Waals surface area contributed by atoms with Gasteiger partial charge in [-0.05, 0) is 6.92 Å². The number of amides is 3. The largest absolute Gasteiger partial charge is 0.370 e. The molecule has 6 heteroatoms. The third-order valence-corrected chi connectivity index (χ3v) is 1.66. The minimum atomic E-state index is -2.05. The zero-order valence-electron chi connectivity index (χ0n) is 6.45. The van der Waals surface area contributed by atoms with E-state index in [2.05, 4.69) is 0 Å². The Morgan fingerprint density at radius 2 is 2.25 bits per heavy atom. The molecule has 0 radical (unpaired) electrons. The molecule has 1 saturated heterocycles. The third kappa shape index (κ3) is 1.25. The maximum absolute atomic E-state index is 12.7. The van der Waals surface area contributed by atoms with E-state index in [9.17, 15) is 14.0 Å². The van der Waals surface area contributed by atoms with Crippen LogP contribution in [0.5, 0.6) is 0 Å². The Kier molecular flexibility index (Phi) is 2.27. The van der Waals surface area contributed by atoms with Crippen LogP contribution >= 0.6 is 0 Å². The van der Waals surface area contributed by atoms with Crippen molar-refractivity contribution in [2.24, 2.45) is 0 Å². The smallest absolute Gasteiger partial charge is 0.326 e. The first kappa shape index (κ1) is 8.92. The molecule has 1 fully saturated rings. The van der Waals surface area contributed by atoms with Crippen molar-refractivity contribution in [1.82, 2.24) is 10.2 Å². The second-order valence-electron chi connectivity index (χ2n) is 2.40. The summed E-state index contributed by atoms with van der Waals surface area (Å²) < 4.78 is 12.7. The van der Waals surface area contributed by atoms with Gasteiger partial charge in [-0.3, -0.25) is 15.0 Å². The normalized spacial score (nSPS) is 30.4. The molecule has 0 saturated carbocycles. The standard InChI is InChI=1S/C6H9FN2O3/c1-2-9-5(11)3(7)4(10)8-6(9)12/h3,5,11H,2H2,1H3,(H,8,10,12). The maximum atomic E-state index is 12.7. The van der Waals surface area contributed by atoms with Crippen molar-refractivity contribution in [2.75, 3.05) is 6.54 Å². The van der Waals surface area contributed by atoms with Crippen molar-refractivity contribution in [3.8, 4) is 0 Å². The highest BCUT2D eigenvalue weighted by Gasteiger charge is 2.39. The van der Waals surface area contributed by atoms with Gasteiger partial charge in [0, 0.05) is 6.54 Å². The number of hydrogen-bond donors (Lipinski definition) is 2. The Labute approximate surface area is 68.2 Å². The van der Waals surface area contributed by atoms with Gasteiger partial charge in [0.1, 0.15) is 0 Å². The second kappa shape index (κ2) is 3.06. The van der Waals surface area contributed by atoms with E-state index in [-0.39, 0.29) is 6.54 Å². The molecule has 3 amide bonds. The first-order chi connectivity index (χ1) is 5.57. The molecule has 0 bridgehead atoms. The van der Waals surface area contributed by atoms with Crippen LogP contribution in [-0.2, 0) is 4.79 Å². The fraction of sp³-hybridized carbons (Fsp3) is 0.667. The van der Waals surface area contributed by atoms with Gasteiger partial charge in [0.05, 0.1) is 0 Å². The summed E-state index contributed by atoms with van der Waals surface area (Å²) in [6.07, 6.45) is -3.71. The highest BCUT2D eigenvalue weighted by atomic mass is 19.1. The van der Waals surface area contributed by atoms with Crippen LogP contribution in [0.25, 0.3) is 0 Å². The monoisotopic (exact) mass is 176 g/mol. The van der Waals surface area contributed by atoms with Crippen LogP contribution in [0.4, 0.5) is 9.18 Å². The number of aliphatic hydroxyl groups is 1. The highest BCUT2D eigenvalue weighted by Crippen LogP contribution is 2.10. The summed E-state index contributed by atoms with van der Waals surface area (Å²) in [5.74, 6) is -1.09. The average Bonchev–Trinajstić information content (AvgIpc) is 2.01. The lowest BCUT2D eigenvalue weighted by Crippen LogP contribution is -2.61. The van der Waals surface area contributed by atoms with Gasteiger partial charge in [0.15, 0.2) is 6.23 Å². The number of alkyl halides is 1. The third-order valence-electron chi connectivity index (χ3n) is 1.66. The van der Waals surface area contributed by atoms with Crippen molar-refractivity contribution in [2.45, 2.75) is 19.3 Å². The number of halogens is 1. The van der Waals surface area contributed by atoms with E-state index in [1.54, 1.807) is 12.2 Å². The molecule has 2 unspecified atom stereocenters. The van der Waals surface area contributed by atoms with Gasteiger partial charge < -0.3 is 5.11 Å². The van der Waals surface area contributed by atoms with Gasteiger partial charge in [-0.15, -0.1) is 0 Å². The molecule has 2 N–H and O–H groups in total. The fourth-order valence-corrected chi connectivity index (χ4v) is 0.990. The van der Waals surface area contributed by atoms with Crippen LogP contribution in [0.3, 0.4) is 0 Å². The summed E-state index contributed by atoms with van der Waals surface area (Å²) in [7, 11) is 0. The predicted molar refractivity (Wildman–Crippen MR) is 36.8 cm³/mol. The van der Waals surface area contributed by atoms with Crippen LogP contribution in [0.15, 0.2) is 0 Å². The maximum Gasteiger partial charge on any atom is 0.326 e. The zero-order valence-corrected chi connectivity index (χ0v) is 6.45. The van der Waals surface area contributed by atoms with Crippen molar-refractivity contribution >= 4 is 11.9 Å². The Balaban J connectivity index is 2.79. The molecule has 0 aromatic heterocycles. The second-order valence-corrected chi connectivity index (χ2v) is 2.40. The average molecular weight is 176 g/mol. The van der Waals surface area contributed by atoms with Gasteiger partial charge in [0.2, 0.25) is 6.17 Å². The van der Waals surface area contributed by atoms with Gasteiger partial charge in [0.25, 0.3) is 5.91 Å². The summed E-state index contributed by atoms with van der Waals surface area (Å²) in [5.41, 5.74) is 0. The first-order valence-corrected chi connectivity index (χ1v) is 3.51. The van der Waals surface area contributed by atoms with Crippen LogP contribution in [0.2, 0.25) is 0 Å². The van der Waals surface area contributed by atoms with Gasteiger partial charge in [-0.2, -0.15) is 0 Å². The molecule has 12 heavy (non-hydrogen) atoms. The molecule has 5 nitrogen and oxygen atoms in total. The number of carbonyl (C=O) groups excluding carboxylic acids is 2. The molecule has 0 aliphatic carbocycles. The van der Waals surface area contributed by atoms with Gasteiger partial charge in [-0.25, -0.2) is 9.18 Å².